The second-order valence-electron chi connectivity index (χ2n) is 10.2. The number of carbonyl (C=O) groups excluding carboxylic acids is 2. The van der Waals surface area contributed by atoms with Crippen LogP contribution in [0.2, 0.25) is 0 Å². The molecule has 26 heavy (non-hydrogen) atoms. The zero-order chi connectivity index (χ0) is 18.5. The molecule has 4 nitrogen and oxygen atoms in total. The third kappa shape index (κ3) is 2.03. The van der Waals surface area contributed by atoms with Crippen LogP contribution in [0.1, 0.15) is 66.2 Å². The van der Waals surface area contributed by atoms with Crippen molar-refractivity contribution in [3.8, 4) is 0 Å². The highest BCUT2D eigenvalue weighted by molar-refractivity contribution is 5.92. The van der Waals surface area contributed by atoms with Gasteiger partial charge in [-0.25, -0.2) is 0 Å². The molecule has 1 heterocycles. The van der Waals surface area contributed by atoms with Crippen LogP contribution in [0.4, 0.5) is 0 Å². The Kier molecular flexibility index (Phi) is 3.34. The van der Waals surface area contributed by atoms with Crippen molar-refractivity contribution >= 4 is 11.6 Å². The summed E-state index contributed by atoms with van der Waals surface area (Å²) < 4.78 is 12.8. The number of fused-ring (bicyclic) bond motifs is 8. The minimum Gasteiger partial charge on any atom is -0.344 e. The van der Waals surface area contributed by atoms with Crippen LogP contribution in [0.25, 0.3) is 0 Å². The standard InChI is InChI=1S/C22H30O4/c1-20(2)25-18-15-11-12(23)7-9-21(15,3)14-8-10-22(4)13(5-6-16(22)24)17(14)19(18)26-20/h11,13-14,17-19H,5-10H2,1-4H3/t13-,14-,17-,18+,19+,21+,22-/m0/s1. The molecule has 0 bridgehead atoms. The fourth-order valence-corrected chi connectivity index (χ4v) is 7.22. The van der Waals surface area contributed by atoms with Gasteiger partial charge in [-0.1, -0.05) is 13.8 Å². The number of hydrogen-bond acceptors (Lipinski definition) is 4. The predicted molar refractivity (Wildman–Crippen MR) is 96.3 cm³/mol. The average molecular weight is 358 g/mol. The molecule has 0 unspecified atom stereocenters. The highest BCUT2D eigenvalue weighted by Gasteiger charge is 2.66. The number of hydrogen-bond donors (Lipinski definition) is 0. The summed E-state index contributed by atoms with van der Waals surface area (Å²) in [5.41, 5.74) is 0.971. The van der Waals surface area contributed by atoms with E-state index in [9.17, 15) is 9.59 Å². The van der Waals surface area contributed by atoms with Gasteiger partial charge in [0.05, 0.1) is 6.10 Å². The highest BCUT2D eigenvalue weighted by Crippen LogP contribution is 2.66. The fraction of sp³-hybridized carbons (Fsp3) is 0.818. The van der Waals surface area contributed by atoms with Gasteiger partial charge in [-0.3, -0.25) is 9.59 Å². The lowest BCUT2D eigenvalue weighted by Gasteiger charge is -2.59. The van der Waals surface area contributed by atoms with Crippen LogP contribution in [0, 0.1) is 28.6 Å². The molecule has 0 N–H and O–H groups in total. The van der Waals surface area contributed by atoms with Gasteiger partial charge < -0.3 is 9.47 Å². The van der Waals surface area contributed by atoms with E-state index in [1.807, 2.05) is 19.9 Å². The second kappa shape index (κ2) is 5.08. The summed E-state index contributed by atoms with van der Waals surface area (Å²) in [4.78, 5) is 24.9. The Morgan fingerprint density at radius 3 is 2.42 bits per heavy atom. The lowest BCUT2D eigenvalue weighted by Crippen LogP contribution is -2.59. The first-order valence-corrected chi connectivity index (χ1v) is 10.3. The molecule has 0 aromatic rings. The molecular formula is C22H30O4. The molecule has 142 valence electrons. The van der Waals surface area contributed by atoms with Crippen LogP contribution in [0.3, 0.4) is 0 Å². The second-order valence-corrected chi connectivity index (χ2v) is 10.2. The van der Waals surface area contributed by atoms with Gasteiger partial charge in [0.1, 0.15) is 11.9 Å². The molecule has 4 aliphatic carbocycles. The van der Waals surface area contributed by atoms with Crippen LogP contribution in [-0.2, 0) is 19.1 Å². The van der Waals surface area contributed by atoms with E-state index in [0.717, 1.165) is 25.7 Å². The Morgan fingerprint density at radius 2 is 1.65 bits per heavy atom. The van der Waals surface area contributed by atoms with Gasteiger partial charge in [0.2, 0.25) is 0 Å². The van der Waals surface area contributed by atoms with E-state index in [4.69, 9.17) is 9.47 Å². The van der Waals surface area contributed by atoms with Crippen molar-refractivity contribution in [1.82, 2.24) is 0 Å². The maximum absolute atomic E-state index is 12.7. The van der Waals surface area contributed by atoms with Crippen molar-refractivity contribution in [2.75, 3.05) is 0 Å². The zero-order valence-corrected chi connectivity index (χ0v) is 16.3. The monoisotopic (exact) mass is 358 g/mol. The quantitative estimate of drug-likeness (QED) is 0.660. The van der Waals surface area contributed by atoms with Gasteiger partial charge in [0.15, 0.2) is 11.6 Å². The van der Waals surface area contributed by atoms with Crippen molar-refractivity contribution in [1.29, 1.82) is 0 Å². The molecule has 0 aromatic heterocycles. The third-order valence-electron chi connectivity index (χ3n) is 8.54. The van der Waals surface area contributed by atoms with E-state index >= 15 is 0 Å². The van der Waals surface area contributed by atoms with E-state index in [1.54, 1.807) is 0 Å². The molecular weight excluding hydrogens is 328 g/mol. The summed E-state index contributed by atoms with van der Waals surface area (Å²) in [6.45, 7) is 8.49. The Labute approximate surface area is 155 Å². The normalized spacial score (nSPS) is 52.0. The molecule has 5 rings (SSSR count). The summed E-state index contributed by atoms with van der Waals surface area (Å²) in [5.74, 6) is 1.24. The summed E-state index contributed by atoms with van der Waals surface area (Å²) >= 11 is 0. The molecule has 7 atom stereocenters. The first-order valence-electron chi connectivity index (χ1n) is 10.3. The van der Waals surface area contributed by atoms with Crippen molar-refractivity contribution in [2.45, 2.75) is 84.2 Å². The predicted octanol–water partition coefficient (Wildman–Crippen LogP) is 3.83. The molecule has 3 saturated carbocycles. The minimum absolute atomic E-state index is 0.00348. The lowest BCUT2D eigenvalue weighted by molar-refractivity contribution is -0.162. The van der Waals surface area contributed by atoms with Crippen LogP contribution in [0.15, 0.2) is 11.6 Å². The number of Topliss-reactive ketones (excluding diaryl/α,β-unsaturated/α-hetero) is 1. The Morgan fingerprint density at radius 1 is 0.923 bits per heavy atom. The third-order valence-corrected chi connectivity index (χ3v) is 8.54. The Hall–Kier alpha value is -1.00. The molecule has 0 spiro atoms. The van der Waals surface area contributed by atoms with E-state index in [-0.39, 0.29) is 28.8 Å². The van der Waals surface area contributed by atoms with Crippen molar-refractivity contribution < 1.29 is 19.1 Å². The van der Waals surface area contributed by atoms with E-state index in [2.05, 4.69) is 13.8 Å². The van der Waals surface area contributed by atoms with Crippen LogP contribution in [0.5, 0.6) is 0 Å². The van der Waals surface area contributed by atoms with Crippen molar-refractivity contribution in [3.05, 3.63) is 11.6 Å². The van der Waals surface area contributed by atoms with Gasteiger partial charge in [-0.2, -0.15) is 0 Å². The molecule has 5 aliphatic rings. The van der Waals surface area contributed by atoms with E-state index < -0.39 is 5.79 Å². The molecule has 1 aliphatic heterocycles. The van der Waals surface area contributed by atoms with Gasteiger partial charge in [-0.05, 0) is 74.3 Å². The smallest absolute Gasteiger partial charge is 0.164 e. The van der Waals surface area contributed by atoms with Crippen LogP contribution >= 0.6 is 0 Å². The summed E-state index contributed by atoms with van der Waals surface area (Å²) in [6.07, 6.45) is 6.97. The molecule has 0 amide bonds. The van der Waals surface area contributed by atoms with Crippen molar-refractivity contribution in [3.63, 3.8) is 0 Å². The highest BCUT2D eigenvalue weighted by atomic mass is 16.8. The number of carbonyl (C=O) groups is 2. The Balaban J connectivity index is 1.65. The molecule has 1 saturated heterocycles. The SMILES string of the molecule is CC1(C)O[C@@H]2[C@@H]3[C@H](CC[C@]4(C)C(=O)CC[C@@H]34)[C@@]3(C)CCC(=O)C=C3[C@H]2O1. The van der Waals surface area contributed by atoms with Crippen molar-refractivity contribution in [2.24, 2.45) is 28.6 Å². The average Bonchev–Trinajstić information content (AvgIpc) is 3.05. The van der Waals surface area contributed by atoms with Crippen LogP contribution < -0.4 is 0 Å². The first-order chi connectivity index (χ1) is 12.2. The van der Waals surface area contributed by atoms with Gasteiger partial charge in [-0.15, -0.1) is 0 Å². The number of ketones is 2. The summed E-state index contributed by atoms with van der Waals surface area (Å²) in [5, 5.41) is 0. The number of rotatable bonds is 0. The van der Waals surface area contributed by atoms with Gasteiger partial charge >= 0.3 is 0 Å². The largest absolute Gasteiger partial charge is 0.344 e. The zero-order valence-electron chi connectivity index (χ0n) is 16.3. The molecule has 0 aromatic carbocycles. The first kappa shape index (κ1) is 17.1. The minimum atomic E-state index is -0.636. The van der Waals surface area contributed by atoms with E-state index in [0.29, 0.717) is 36.4 Å². The number of ether oxygens (including phenoxy) is 2. The lowest BCUT2D eigenvalue weighted by atomic mass is 9.46. The summed E-state index contributed by atoms with van der Waals surface area (Å²) in [6, 6.07) is 0. The maximum atomic E-state index is 12.7. The van der Waals surface area contributed by atoms with Crippen LogP contribution in [-0.4, -0.2) is 29.6 Å². The molecule has 4 fully saturated rings. The topological polar surface area (TPSA) is 52.6 Å². The van der Waals surface area contributed by atoms with Gasteiger partial charge in [0.25, 0.3) is 0 Å². The molecule has 0 radical (unpaired) electrons. The van der Waals surface area contributed by atoms with Gasteiger partial charge in [0, 0.05) is 18.3 Å². The Bertz CT molecular complexity index is 722. The van der Waals surface area contributed by atoms with E-state index in [1.165, 1.54) is 5.57 Å². The summed E-state index contributed by atoms with van der Waals surface area (Å²) in [7, 11) is 0. The fourth-order valence-electron chi connectivity index (χ4n) is 7.22. The molecule has 4 heteroatoms. The maximum Gasteiger partial charge on any atom is 0.164 e.